The van der Waals surface area contributed by atoms with E-state index in [2.05, 4.69) is 0 Å². The molecule has 0 aliphatic carbocycles. The largest absolute Gasteiger partial charge is 0.367 e. The van der Waals surface area contributed by atoms with Crippen LogP contribution in [0.5, 0.6) is 0 Å². The summed E-state index contributed by atoms with van der Waals surface area (Å²) in [6, 6.07) is 0. The summed E-state index contributed by atoms with van der Waals surface area (Å²) in [5, 5.41) is 0. The molecule has 0 bridgehead atoms. The van der Waals surface area contributed by atoms with Crippen LogP contribution in [0.15, 0.2) is 0 Å². The molecule has 1 fully saturated rings. The predicted octanol–water partition coefficient (Wildman–Crippen LogP) is -0.351. The molecule has 0 radical (unpaired) electrons. The van der Waals surface area contributed by atoms with E-state index in [1.165, 1.54) is 0 Å². The zero-order valence-corrected chi connectivity index (χ0v) is 4.97. The van der Waals surface area contributed by atoms with Crippen molar-refractivity contribution in [1.29, 1.82) is 0 Å². The van der Waals surface area contributed by atoms with E-state index in [-0.39, 0.29) is 12.0 Å². The quantitative estimate of drug-likeness (QED) is 0.475. The third-order valence-electron chi connectivity index (χ3n) is 1.63. The van der Waals surface area contributed by atoms with E-state index in [1.807, 2.05) is 6.92 Å². The molecule has 0 saturated carbocycles. The van der Waals surface area contributed by atoms with Gasteiger partial charge in [-0.25, -0.2) is 0 Å². The Bertz CT molecular complexity index is 134. The number of nitrogens with two attached hydrogens (primary N) is 1. The first-order chi connectivity index (χ1) is 3.57. The molecule has 1 aliphatic rings. The van der Waals surface area contributed by atoms with Crippen molar-refractivity contribution in [3.05, 3.63) is 0 Å². The van der Waals surface area contributed by atoms with Gasteiger partial charge >= 0.3 is 0 Å². The van der Waals surface area contributed by atoms with E-state index in [1.54, 1.807) is 6.92 Å². The average molecular weight is 115 g/mol. The lowest BCUT2D eigenvalue weighted by Crippen LogP contribution is -2.30. The molecule has 0 spiro atoms. The van der Waals surface area contributed by atoms with Crippen molar-refractivity contribution in [2.45, 2.75) is 25.6 Å². The number of hydrogen-bond acceptors (Lipinski definition) is 2. The van der Waals surface area contributed by atoms with Gasteiger partial charge < -0.3 is 10.5 Å². The van der Waals surface area contributed by atoms with Crippen LogP contribution in [0.2, 0.25) is 0 Å². The van der Waals surface area contributed by atoms with Crippen LogP contribution in [-0.2, 0) is 9.53 Å². The van der Waals surface area contributed by atoms with Gasteiger partial charge in [-0.05, 0) is 13.8 Å². The minimum Gasteiger partial charge on any atom is -0.367 e. The third-order valence-corrected chi connectivity index (χ3v) is 1.63. The molecular formula is C5H9NO2. The summed E-state index contributed by atoms with van der Waals surface area (Å²) in [6.07, 6.45) is 0.0139. The zero-order valence-electron chi connectivity index (χ0n) is 4.97. The fraction of sp³-hybridized carbons (Fsp3) is 0.800. The highest BCUT2D eigenvalue weighted by molar-refractivity contribution is 5.86. The summed E-state index contributed by atoms with van der Waals surface area (Å²) in [7, 11) is 0. The van der Waals surface area contributed by atoms with Crippen LogP contribution in [0, 0.1) is 0 Å². The van der Waals surface area contributed by atoms with Gasteiger partial charge in [0.15, 0.2) is 5.60 Å². The van der Waals surface area contributed by atoms with E-state index < -0.39 is 5.60 Å². The molecule has 3 nitrogen and oxygen atoms in total. The molecule has 3 heteroatoms. The van der Waals surface area contributed by atoms with E-state index in [0.717, 1.165) is 0 Å². The SMILES string of the molecule is C[C@@H]1O[C@@]1(C)C(N)=O. The topological polar surface area (TPSA) is 55.6 Å². The van der Waals surface area contributed by atoms with Crippen molar-refractivity contribution >= 4 is 5.91 Å². The van der Waals surface area contributed by atoms with E-state index in [0.29, 0.717) is 0 Å². The van der Waals surface area contributed by atoms with Gasteiger partial charge in [0.2, 0.25) is 0 Å². The first-order valence-corrected chi connectivity index (χ1v) is 2.55. The number of primary amides is 1. The van der Waals surface area contributed by atoms with Crippen LogP contribution in [0.4, 0.5) is 0 Å². The molecule has 1 amide bonds. The van der Waals surface area contributed by atoms with Gasteiger partial charge in [-0.1, -0.05) is 0 Å². The van der Waals surface area contributed by atoms with Crippen LogP contribution < -0.4 is 5.73 Å². The lowest BCUT2D eigenvalue weighted by molar-refractivity contribution is -0.122. The Morgan fingerprint density at radius 2 is 2.25 bits per heavy atom. The Morgan fingerprint density at radius 3 is 2.25 bits per heavy atom. The van der Waals surface area contributed by atoms with Crippen LogP contribution in [-0.4, -0.2) is 17.6 Å². The Balaban J connectivity index is 2.60. The van der Waals surface area contributed by atoms with Crippen molar-refractivity contribution in [1.82, 2.24) is 0 Å². The fourth-order valence-corrected chi connectivity index (χ4v) is 0.592. The van der Waals surface area contributed by atoms with Crippen molar-refractivity contribution in [3.8, 4) is 0 Å². The second-order valence-electron chi connectivity index (χ2n) is 2.23. The average Bonchev–Trinajstić information content (AvgIpc) is 2.17. The Morgan fingerprint density at radius 1 is 1.88 bits per heavy atom. The number of amides is 1. The molecule has 1 heterocycles. The van der Waals surface area contributed by atoms with Crippen molar-refractivity contribution in [2.24, 2.45) is 5.73 Å². The van der Waals surface area contributed by atoms with Gasteiger partial charge in [-0.15, -0.1) is 0 Å². The van der Waals surface area contributed by atoms with Crippen molar-refractivity contribution in [2.75, 3.05) is 0 Å². The standard InChI is InChI=1S/C5H9NO2/c1-3-5(2,8-3)4(6)7/h3H,1-2H3,(H2,6,7)/t3-,5+/m0/s1. The number of carbonyl (C=O) groups is 1. The smallest absolute Gasteiger partial charge is 0.252 e. The predicted molar refractivity (Wildman–Crippen MR) is 28.1 cm³/mol. The van der Waals surface area contributed by atoms with Gasteiger partial charge in [0, 0.05) is 0 Å². The van der Waals surface area contributed by atoms with E-state index in [9.17, 15) is 4.79 Å². The zero-order chi connectivity index (χ0) is 6.36. The van der Waals surface area contributed by atoms with Crippen molar-refractivity contribution in [3.63, 3.8) is 0 Å². The Labute approximate surface area is 47.8 Å². The van der Waals surface area contributed by atoms with Gasteiger partial charge in [-0.3, -0.25) is 4.79 Å². The van der Waals surface area contributed by atoms with Crippen LogP contribution >= 0.6 is 0 Å². The second-order valence-corrected chi connectivity index (χ2v) is 2.23. The first-order valence-electron chi connectivity index (χ1n) is 2.55. The maximum atomic E-state index is 10.4. The summed E-state index contributed by atoms with van der Waals surface area (Å²) in [5.74, 6) is -0.370. The second kappa shape index (κ2) is 1.23. The van der Waals surface area contributed by atoms with Gasteiger partial charge in [0.25, 0.3) is 5.91 Å². The molecule has 1 rings (SSSR count). The Hall–Kier alpha value is -0.570. The normalized spacial score (nSPS) is 44.0. The number of epoxide rings is 1. The van der Waals surface area contributed by atoms with E-state index >= 15 is 0 Å². The lowest BCUT2D eigenvalue weighted by Gasteiger charge is -1.94. The minimum absolute atomic E-state index is 0.0139. The molecule has 2 N–H and O–H groups in total. The summed E-state index contributed by atoms with van der Waals surface area (Å²) in [4.78, 5) is 10.4. The highest BCUT2D eigenvalue weighted by Crippen LogP contribution is 2.34. The molecule has 2 atom stereocenters. The van der Waals surface area contributed by atoms with Crippen LogP contribution in [0.25, 0.3) is 0 Å². The molecule has 1 saturated heterocycles. The molecule has 0 aromatic carbocycles. The molecule has 0 aromatic heterocycles. The van der Waals surface area contributed by atoms with Gasteiger partial charge in [0.1, 0.15) is 0 Å². The van der Waals surface area contributed by atoms with Gasteiger partial charge in [-0.2, -0.15) is 0 Å². The highest BCUT2D eigenvalue weighted by Gasteiger charge is 2.54. The monoisotopic (exact) mass is 115 g/mol. The fourth-order valence-electron chi connectivity index (χ4n) is 0.592. The molecule has 0 unspecified atom stereocenters. The molecule has 8 heavy (non-hydrogen) atoms. The van der Waals surface area contributed by atoms with Crippen LogP contribution in [0.3, 0.4) is 0 Å². The number of carbonyl (C=O) groups excluding carboxylic acids is 1. The summed E-state index contributed by atoms with van der Waals surface area (Å²) < 4.78 is 4.89. The summed E-state index contributed by atoms with van der Waals surface area (Å²) >= 11 is 0. The van der Waals surface area contributed by atoms with Crippen molar-refractivity contribution < 1.29 is 9.53 Å². The third kappa shape index (κ3) is 0.512. The molecule has 1 aliphatic heterocycles. The lowest BCUT2D eigenvalue weighted by atomic mass is 10.1. The first kappa shape index (κ1) is 5.56. The van der Waals surface area contributed by atoms with Gasteiger partial charge in [0.05, 0.1) is 6.10 Å². The molecule has 0 aromatic rings. The molecular weight excluding hydrogens is 106 g/mol. The minimum atomic E-state index is -0.653. The van der Waals surface area contributed by atoms with Crippen LogP contribution in [0.1, 0.15) is 13.8 Å². The number of rotatable bonds is 1. The maximum absolute atomic E-state index is 10.4. The van der Waals surface area contributed by atoms with E-state index in [4.69, 9.17) is 10.5 Å². The summed E-state index contributed by atoms with van der Waals surface area (Å²) in [5.41, 5.74) is 4.31. The maximum Gasteiger partial charge on any atom is 0.252 e. The number of ether oxygens (including phenoxy) is 1. The molecule has 46 valence electrons. The highest BCUT2D eigenvalue weighted by atomic mass is 16.6. The number of hydrogen-bond donors (Lipinski definition) is 1. The Kier molecular flexibility index (Phi) is 0.854. The summed E-state index contributed by atoms with van der Waals surface area (Å²) in [6.45, 7) is 3.52.